The molecule has 0 aliphatic rings. The van der Waals surface area contributed by atoms with E-state index in [-0.39, 0.29) is 29.5 Å². The van der Waals surface area contributed by atoms with Gasteiger partial charge in [-0.15, -0.1) is 0 Å². The summed E-state index contributed by atoms with van der Waals surface area (Å²) < 4.78 is 32.7. The highest BCUT2D eigenvalue weighted by molar-refractivity contribution is 7.92. The van der Waals surface area contributed by atoms with E-state index in [0.717, 1.165) is 0 Å². The summed E-state index contributed by atoms with van der Waals surface area (Å²) in [6.45, 7) is 1.97. The minimum Gasteiger partial charge on any atom is -0.384 e. The average Bonchev–Trinajstić information content (AvgIpc) is 2.56. The standard InChI is InChI=1S/C17H19ClN2O4S/c1-12-7-8-13(19-17(21)9-10-24-2)11-16(12)25(22,23)20-15-6-4-3-5-14(15)18/h3-8,11,20H,9-10H2,1-2H3,(H,19,21). The molecule has 0 bridgehead atoms. The molecule has 1 amide bonds. The fraction of sp³-hybridized carbons (Fsp3) is 0.235. The predicted octanol–water partition coefficient (Wildman–Crippen LogP) is 3.42. The number of carbonyl (C=O) groups excluding carboxylic acids is 1. The monoisotopic (exact) mass is 382 g/mol. The molecular weight excluding hydrogens is 364 g/mol. The van der Waals surface area contributed by atoms with Gasteiger partial charge in [0.05, 0.1) is 28.6 Å². The molecule has 0 saturated carbocycles. The Bertz CT molecular complexity index is 869. The molecule has 0 aromatic heterocycles. The summed E-state index contributed by atoms with van der Waals surface area (Å²) in [4.78, 5) is 11.8. The number of para-hydroxylation sites is 1. The van der Waals surface area contributed by atoms with E-state index in [2.05, 4.69) is 10.0 Å². The van der Waals surface area contributed by atoms with Gasteiger partial charge in [-0.3, -0.25) is 9.52 Å². The third-order valence-electron chi connectivity index (χ3n) is 3.41. The lowest BCUT2D eigenvalue weighted by Gasteiger charge is -2.13. The SMILES string of the molecule is COCCC(=O)Nc1ccc(C)c(S(=O)(=O)Nc2ccccc2Cl)c1. The number of rotatable bonds is 7. The molecule has 0 fully saturated rings. The van der Waals surface area contributed by atoms with Crippen LogP contribution < -0.4 is 10.0 Å². The van der Waals surface area contributed by atoms with Crippen LogP contribution in [0.5, 0.6) is 0 Å². The van der Waals surface area contributed by atoms with E-state index >= 15 is 0 Å². The lowest BCUT2D eigenvalue weighted by atomic mass is 10.2. The van der Waals surface area contributed by atoms with Crippen LogP contribution in [0.1, 0.15) is 12.0 Å². The largest absolute Gasteiger partial charge is 0.384 e. The van der Waals surface area contributed by atoms with Crippen molar-refractivity contribution in [3.05, 3.63) is 53.1 Å². The second-order valence-corrected chi connectivity index (χ2v) is 7.41. The Hall–Kier alpha value is -2.09. The Morgan fingerprint density at radius 3 is 2.60 bits per heavy atom. The van der Waals surface area contributed by atoms with Crippen LogP contribution in [-0.4, -0.2) is 28.0 Å². The van der Waals surface area contributed by atoms with Gasteiger partial charge in [0.1, 0.15) is 0 Å². The van der Waals surface area contributed by atoms with Crippen molar-refractivity contribution in [2.45, 2.75) is 18.2 Å². The number of amides is 1. The predicted molar refractivity (Wildman–Crippen MR) is 98.6 cm³/mol. The molecule has 0 saturated heterocycles. The highest BCUT2D eigenvalue weighted by Crippen LogP contribution is 2.26. The number of anilines is 2. The Morgan fingerprint density at radius 1 is 1.20 bits per heavy atom. The van der Waals surface area contributed by atoms with Gasteiger partial charge in [-0.1, -0.05) is 29.8 Å². The summed E-state index contributed by atoms with van der Waals surface area (Å²) in [7, 11) is -2.35. The van der Waals surface area contributed by atoms with Crippen molar-refractivity contribution in [3.8, 4) is 0 Å². The van der Waals surface area contributed by atoms with Crippen LogP contribution in [0, 0.1) is 6.92 Å². The van der Waals surface area contributed by atoms with Gasteiger partial charge in [0.2, 0.25) is 5.91 Å². The number of hydrogen-bond donors (Lipinski definition) is 2. The Morgan fingerprint density at radius 2 is 1.92 bits per heavy atom. The van der Waals surface area contributed by atoms with Crippen molar-refractivity contribution in [2.75, 3.05) is 23.8 Å². The van der Waals surface area contributed by atoms with E-state index in [1.807, 2.05) is 0 Å². The first kappa shape index (κ1) is 19.2. The molecule has 0 spiro atoms. The minimum atomic E-state index is -3.85. The third kappa shape index (κ3) is 5.19. The molecule has 2 rings (SSSR count). The number of nitrogens with one attached hydrogen (secondary N) is 2. The summed E-state index contributed by atoms with van der Waals surface area (Å²) in [5.74, 6) is -0.256. The zero-order valence-corrected chi connectivity index (χ0v) is 15.4. The highest BCUT2D eigenvalue weighted by atomic mass is 35.5. The molecular formula is C17H19ClN2O4S. The van der Waals surface area contributed by atoms with E-state index in [1.165, 1.54) is 13.2 Å². The maximum atomic E-state index is 12.7. The van der Waals surface area contributed by atoms with Crippen molar-refractivity contribution in [1.29, 1.82) is 0 Å². The fourth-order valence-corrected chi connectivity index (χ4v) is 3.72. The fourth-order valence-electron chi connectivity index (χ4n) is 2.13. The van der Waals surface area contributed by atoms with Crippen molar-refractivity contribution in [2.24, 2.45) is 0 Å². The number of benzene rings is 2. The summed E-state index contributed by atoms with van der Waals surface area (Å²) in [5, 5.41) is 2.95. The van der Waals surface area contributed by atoms with Crippen LogP contribution in [0.2, 0.25) is 5.02 Å². The van der Waals surface area contributed by atoms with Gasteiger partial charge >= 0.3 is 0 Å². The smallest absolute Gasteiger partial charge is 0.262 e. The zero-order chi connectivity index (χ0) is 18.4. The molecule has 0 aliphatic heterocycles. The van der Waals surface area contributed by atoms with Crippen LogP contribution in [0.15, 0.2) is 47.4 Å². The van der Waals surface area contributed by atoms with Crippen molar-refractivity contribution < 1.29 is 17.9 Å². The maximum absolute atomic E-state index is 12.7. The number of methoxy groups -OCH3 is 1. The molecule has 2 aromatic rings. The maximum Gasteiger partial charge on any atom is 0.262 e. The zero-order valence-electron chi connectivity index (χ0n) is 13.9. The third-order valence-corrected chi connectivity index (χ3v) is 5.25. The number of carbonyl (C=O) groups is 1. The number of aryl methyl sites for hydroxylation is 1. The van der Waals surface area contributed by atoms with Gasteiger partial charge in [-0.05, 0) is 36.8 Å². The molecule has 0 radical (unpaired) electrons. The summed E-state index contributed by atoms with van der Waals surface area (Å²) in [5.41, 5.74) is 1.23. The topological polar surface area (TPSA) is 84.5 Å². The quantitative estimate of drug-likeness (QED) is 0.768. The first-order chi connectivity index (χ1) is 11.8. The number of halogens is 1. The van der Waals surface area contributed by atoms with E-state index in [4.69, 9.17) is 16.3 Å². The average molecular weight is 383 g/mol. The van der Waals surface area contributed by atoms with Crippen LogP contribution in [-0.2, 0) is 19.6 Å². The van der Waals surface area contributed by atoms with Gasteiger partial charge < -0.3 is 10.1 Å². The van der Waals surface area contributed by atoms with Gasteiger partial charge in [0.15, 0.2) is 0 Å². The van der Waals surface area contributed by atoms with Gasteiger partial charge in [0, 0.05) is 12.8 Å². The van der Waals surface area contributed by atoms with Crippen molar-refractivity contribution in [3.63, 3.8) is 0 Å². The normalized spacial score (nSPS) is 11.2. The van der Waals surface area contributed by atoms with Gasteiger partial charge in [0.25, 0.3) is 10.0 Å². The first-order valence-corrected chi connectivity index (χ1v) is 9.36. The van der Waals surface area contributed by atoms with Gasteiger partial charge in [-0.2, -0.15) is 0 Å². The lowest BCUT2D eigenvalue weighted by Crippen LogP contribution is -2.17. The molecule has 0 heterocycles. The molecule has 2 N–H and O–H groups in total. The van der Waals surface area contributed by atoms with E-state index in [1.54, 1.807) is 43.3 Å². The Kier molecular flexibility index (Phi) is 6.41. The molecule has 8 heteroatoms. The molecule has 134 valence electrons. The van der Waals surface area contributed by atoms with E-state index in [9.17, 15) is 13.2 Å². The summed E-state index contributed by atoms with van der Waals surface area (Å²) in [6.07, 6.45) is 0.185. The van der Waals surface area contributed by atoms with Crippen molar-refractivity contribution >= 4 is 38.9 Å². The van der Waals surface area contributed by atoms with Crippen LogP contribution in [0.25, 0.3) is 0 Å². The first-order valence-electron chi connectivity index (χ1n) is 7.50. The van der Waals surface area contributed by atoms with Gasteiger partial charge in [-0.25, -0.2) is 8.42 Å². The molecule has 0 unspecified atom stereocenters. The van der Waals surface area contributed by atoms with Crippen LogP contribution in [0.4, 0.5) is 11.4 Å². The molecule has 0 atom stereocenters. The lowest BCUT2D eigenvalue weighted by molar-refractivity contribution is -0.117. The van der Waals surface area contributed by atoms with E-state index < -0.39 is 10.0 Å². The molecule has 25 heavy (non-hydrogen) atoms. The molecule has 2 aromatic carbocycles. The molecule has 0 aliphatic carbocycles. The second kappa shape index (κ2) is 8.33. The Labute approximate surface area is 152 Å². The number of sulfonamides is 1. The number of ether oxygens (including phenoxy) is 1. The van der Waals surface area contributed by atoms with Crippen LogP contribution >= 0.6 is 11.6 Å². The highest BCUT2D eigenvalue weighted by Gasteiger charge is 2.19. The second-order valence-electron chi connectivity index (χ2n) is 5.36. The summed E-state index contributed by atoms with van der Waals surface area (Å²) >= 11 is 6.01. The van der Waals surface area contributed by atoms with Crippen molar-refractivity contribution in [1.82, 2.24) is 0 Å². The Balaban J connectivity index is 2.26. The van der Waals surface area contributed by atoms with Crippen LogP contribution in [0.3, 0.4) is 0 Å². The molecule has 6 nitrogen and oxygen atoms in total. The van der Waals surface area contributed by atoms with E-state index in [0.29, 0.717) is 16.3 Å². The minimum absolute atomic E-state index is 0.0666. The summed E-state index contributed by atoms with van der Waals surface area (Å²) in [6, 6.07) is 11.3. The number of hydrogen-bond acceptors (Lipinski definition) is 4.